The summed E-state index contributed by atoms with van der Waals surface area (Å²) in [6.45, 7) is 13.9. The Balaban J connectivity index is 1.52. The summed E-state index contributed by atoms with van der Waals surface area (Å²) in [6.07, 6.45) is 2.76. The first kappa shape index (κ1) is 21.9. The number of fused-ring (bicyclic) bond motifs is 1. The molecule has 0 bridgehead atoms. The summed E-state index contributed by atoms with van der Waals surface area (Å²) in [7, 11) is 0. The molecular weight excluding hydrogens is 364 g/mol. The zero-order chi connectivity index (χ0) is 20.6. The van der Waals surface area contributed by atoms with Crippen LogP contribution in [-0.4, -0.2) is 62.4 Å². The molecule has 0 spiro atoms. The molecule has 162 valence electrons. The van der Waals surface area contributed by atoms with E-state index in [-0.39, 0.29) is 12.1 Å². The van der Waals surface area contributed by atoms with Crippen molar-refractivity contribution in [2.24, 2.45) is 10.9 Å². The van der Waals surface area contributed by atoms with Gasteiger partial charge in [-0.1, -0.05) is 26.0 Å². The van der Waals surface area contributed by atoms with Crippen molar-refractivity contribution in [1.82, 2.24) is 15.5 Å². The molecule has 3 rings (SSSR count). The number of ether oxygens (including phenoxy) is 2. The van der Waals surface area contributed by atoms with E-state index >= 15 is 0 Å². The average Bonchev–Trinajstić information content (AvgIpc) is 3.19. The highest BCUT2D eigenvalue weighted by atomic mass is 16.5. The molecule has 29 heavy (non-hydrogen) atoms. The Bertz CT molecular complexity index is 647. The van der Waals surface area contributed by atoms with E-state index in [1.165, 1.54) is 24.9 Å². The topological polar surface area (TPSA) is 58.1 Å². The van der Waals surface area contributed by atoms with Crippen LogP contribution in [0.2, 0.25) is 0 Å². The van der Waals surface area contributed by atoms with Crippen LogP contribution >= 0.6 is 0 Å². The van der Waals surface area contributed by atoms with Gasteiger partial charge in [0.1, 0.15) is 5.75 Å². The van der Waals surface area contributed by atoms with E-state index in [0.717, 1.165) is 38.0 Å². The first-order valence-corrected chi connectivity index (χ1v) is 11.2. The number of benzene rings is 1. The molecule has 3 unspecified atom stereocenters. The molecule has 0 radical (unpaired) electrons. The molecule has 1 aromatic carbocycles. The van der Waals surface area contributed by atoms with Crippen LogP contribution < -0.4 is 15.4 Å². The normalized spacial score (nSPS) is 23.7. The number of morpholine rings is 1. The molecule has 0 amide bonds. The number of guanidine groups is 1. The van der Waals surface area contributed by atoms with Crippen LogP contribution in [0.3, 0.4) is 0 Å². The van der Waals surface area contributed by atoms with Gasteiger partial charge in [0.05, 0.1) is 31.9 Å². The highest BCUT2D eigenvalue weighted by Crippen LogP contribution is 2.23. The predicted octanol–water partition coefficient (Wildman–Crippen LogP) is 3.20. The number of nitrogens with one attached hydrogen (secondary N) is 2. The fourth-order valence-electron chi connectivity index (χ4n) is 3.91. The van der Waals surface area contributed by atoms with E-state index in [1.807, 2.05) is 12.1 Å². The first-order valence-electron chi connectivity index (χ1n) is 11.2. The van der Waals surface area contributed by atoms with E-state index in [2.05, 4.69) is 55.4 Å². The van der Waals surface area contributed by atoms with Crippen molar-refractivity contribution < 1.29 is 9.47 Å². The third-order valence-electron chi connectivity index (χ3n) is 5.58. The fraction of sp³-hybridized carbons (Fsp3) is 0.696. The molecule has 0 saturated carbocycles. The van der Waals surface area contributed by atoms with Crippen LogP contribution in [0.4, 0.5) is 0 Å². The Hall–Kier alpha value is -1.79. The summed E-state index contributed by atoms with van der Waals surface area (Å²) >= 11 is 0. The maximum absolute atomic E-state index is 6.04. The first-order chi connectivity index (χ1) is 14.0. The predicted molar refractivity (Wildman–Crippen MR) is 119 cm³/mol. The van der Waals surface area contributed by atoms with Crippen molar-refractivity contribution in [1.29, 1.82) is 0 Å². The van der Waals surface area contributed by atoms with E-state index in [0.29, 0.717) is 18.5 Å². The summed E-state index contributed by atoms with van der Waals surface area (Å²) in [5.41, 5.74) is 1.21. The Morgan fingerprint density at radius 1 is 1.28 bits per heavy atom. The van der Waals surface area contributed by atoms with Gasteiger partial charge in [-0.15, -0.1) is 0 Å². The molecule has 1 aromatic rings. The zero-order valence-electron chi connectivity index (χ0n) is 18.5. The molecule has 2 heterocycles. The molecule has 6 heteroatoms. The summed E-state index contributed by atoms with van der Waals surface area (Å²) in [4.78, 5) is 7.37. The maximum Gasteiger partial charge on any atom is 0.191 e. The zero-order valence-corrected chi connectivity index (χ0v) is 18.5. The third-order valence-corrected chi connectivity index (χ3v) is 5.58. The highest BCUT2D eigenvalue weighted by molar-refractivity contribution is 5.80. The second kappa shape index (κ2) is 10.8. The molecule has 2 saturated heterocycles. The van der Waals surface area contributed by atoms with Gasteiger partial charge in [-0.05, 0) is 56.8 Å². The number of nitrogens with zero attached hydrogens (tertiary/aromatic N) is 2. The van der Waals surface area contributed by atoms with Gasteiger partial charge in [0.25, 0.3) is 0 Å². The van der Waals surface area contributed by atoms with Crippen molar-refractivity contribution in [3.05, 3.63) is 29.8 Å². The van der Waals surface area contributed by atoms with E-state index < -0.39 is 0 Å². The molecule has 0 aromatic heterocycles. The lowest BCUT2D eigenvalue weighted by atomic mass is 10.1. The van der Waals surface area contributed by atoms with E-state index in [4.69, 9.17) is 14.5 Å². The number of aliphatic imine (C=N–C) groups is 1. The van der Waals surface area contributed by atoms with E-state index in [1.54, 1.807) is 0 Å². The Morgan fingerprint density at radius 2 is 2.07 bits per heavy atom. The van der Waals surface area contributed by atoms with Crippen LogP contribution in [-0.2, 0) is 4.74 Å². The van der Waals surface area contributed by atoms with Crippen molar-refractivity contribution in [3.63, 3.8) is 0 Å². The lowest BCUT2D eigenvalue weighted by Crippen LogP contribution is -2.47. The van der Waals surface area contributed by atoms with Crippen LogP contribution in [0.5, 0.6) is 5.75 Å². The third kappa shape index (κ3) is 6.61. The van der Waals surface area contributed by atoms with Gasteiger partial charge in [0.2, 0.25) is 0 Å². The van der Waals surface area contributed by atoms with Crippen LogP contribution in [0.25, 0.3) is 0 Å². The van der Waals surface area contributed by atoms with Crippen molar-refractivity contribution in [3.8, 4) is 5.75 Å². The SMILES string of the molecule is CCNC(=NCC1CN2CCCC2CO1)NC(C)c1ccc(OCC(C)C)cc1. The van der Waals surface area contributed by atoms with Gasteiger partial charge in [-0.3, -0.25) is 9.89 Å². The molecule has 2 aliphatic rings. The van der Waals surface area contributed by atoms with Gasteiger partial charge in [0.15, 0.2) is 5.96 Å². The summed E-state index contributed by atoms with van der Waals surface area (Å²) in [6, 6.07) is 9.12. The molecule has 2 N–H and O–H groups in total. The summed E-state index contributed by atoms with van der Waals surface area (Å²) < 4.78 is 11.8. The maximum atomic E-state index is 6.04. The Morgan fingerprint density at radius 3 is 2.79 bits per heavy atom. The molecule has 6 nitrogen and oxygen atoms in total. The van der Waals surface area contributed by atoms with Crippen molar-refractivity contribution >= 4 is 5.96 Å². The van der Waals surface area contributed by atoms with Gasteiger partial charge < -0.3 is 20.1 Å². The largest absolute Gasteiger partial charge is 0.493 e. The fourth-order valence-corrected chi connectivity index (χ4v) is 3.91. The lowest BCUT2D eigenvalue weighted by molar-refractivity contribution is -0.0432. The van der Waals surface area contributed by atoms with Crippen LogP contribution in [0.1, 0.15) is 52.1 Å². The number of hydrogen-bond acceptors (Lipinski definition) is 4. The Kier molecular flexibility index (Phi) is 8.19. The second-order valence-corrected chi connectivity index (χ2v) is 8.61. The standard InChI is InChI=1S/C23H38N4O2/c1-5-24-23(25-13-22-14-27-12-6-7-20(27)16-29-22)26-18(4)19-8-10-21(11-9-19)28-15-17(2)3/h8-11,17-18,20,22H,5-7,12-16H2,1-4H3,(H2,24,25,26). The van der Waals surface area contributed by atoms with Gasteiger partial charge >= 0.3 is 0 Å². The minimum Gasteiger partial charge on any atom is -0.493 e. The monoisotopic (exact) mass is 402 g/mol. The van der Waals surface area contributed by atoms with E-state index in [9.17, 15) is 0 Å². The molecule has 2 fully saturated rings. The highest BCUT2D eigenvalue weighted by Gasteiger charge is 2.32. The van der Waals surface area contributed by atoms with Gasteiger partial charge in [-0.25, -0.2) is 0 Å². The van der Waals surface area contributed by atoms with Crippen molar-refractivity contribution in [2.75, 3.05) is 39.4 Å². The molecule has 3 atom stereocenters. The van der Waals surface area contributed by atoms with Crippen LogP contribution in [0.15, 0.2) is 29.3 Å². The molecule has 2 aliphatic heterocycles. The van der Waals surface area contributed by atoms with Gasteiger partial charge in [-0.2, -0.15) is 0 Å². The quantitative estimate of drug-likeness (QED) is 0.517. The molecule has 0 aliphatic carbocycles. The smallest absolute Gasteiger partial charge is 0.191 e. The summed E-state index contributed by atoms with van der Waals surface area (Å²) in [5.74, 6) is 2.29. The average molecular weight is 403 g/mol. The Labute approximate surface area is 176 Å². The molecular formula is C23H38N4O2. The van der Waals surface area contributed by atoms with Crippen LogP contribution in [0, 0.1) is 5.92 Å². The van der Waals surface area contributed by atoms with Gasteiger partial charge in [0, 0.05) is 19.1 Å². The lowest BCUT2D eigenvalue weighted by Gasteiger charge is -2.34. The van der Waals surface area contributed by atoms with Crippen molar-refractivity contribution in [2.45, 2.75) is 58.7 Å². The number of hydrogen-bond donors (Lipinski definition) is 2. The minimum absolute atomic E-state index is 0.155. The summed E-state index contributed by atoms with van der Waals surface area (Å²) in [5, 5.41) is 6.88. The number of rotatable bonds is 8. The minimum atomic E-state index is 0.155. The second-order valence-electron chi connectivity index (χ2n) is 8.61.